The van der Waals surface area contributed by atoms with Gasteiger partial charge in [0.1, 0.15) is 0 Å². The van der Waals surface area contributed by atoms with Crippen LogP contribution in [0.15, 0.2) is 29.3 Å². The second-order valence-corrected chi connectivity index (χ2v) is 3.34. The molecule has 1 heterocycles. The third kappa shape index (κ3) is 1.64. The summed E-state index contributed by atoms with van der Waals surface area (Å²) in [7, 11) is 0. The second-order valence-electron chi connectivity index (χ2n) is 3.34. The molecule has 1 atom stereocenters. The van der Waals surface area contributed by atoms with Crippen molar-refractivity contribution in [2.24, 2.45) is 10.7 Å². The molecule has 2 rings (SSSR count). The van der Waals surface area contributed by atoms with Gasteiger partial charge >= 0.3 is 0 Å². The summed E-state index contributed by atoms with van der Waals surface area (Å²) < 4.78 is 0. The van der Waals surface area contributed by atoms with Crippen LogP contribution in [-0.2, 0) is 0 Å². The van der Waals surface area contributed by atoms with Gasteiger partial charge in [-0.25, -0.2) is 0 Å². The van der Waals surface area contributed by atoms with Crippen molar-refractivity contribution in [2.75, 3.05) is 6.54 Å². The molecule has 1 unspecified atom stereocenters. The average molecular weight is 175 g/mol. The van der Waals surface area contributed by atoms with Crippen LogP contribution in [0.1, 0.15) is 17.2 Å². The molecule has 0 aliphatic carbocycles. The van der Waals surface area contributed by atoms with Crippen LogP contribution in [-0.4, -0.2) is 12.5 Å². The Balaban J connectivity index is 2.18. The molecule has 1 aliphatic rings. The molecule has 3 nitrogen and oxygen atoms in total. The first-order valence-electron chi connectivity index (χ1n) is 4.39. The number of nitrogens with zero attached hydrogens (tertiary/aromatic N) is 1. The summed E-state index contributed by atoms with van der Waals surface area (Å²) >= 11 is 0. The first kappa shape index (κ1) is 8.10. The van der Waals surface area contributed by atoms with Gasteiger partial charge in [-0.15, -0.1) is 0 Å². The van der Waals surface area contributed by atoms with E-state index in [0.29, 0.717) is 5.96 Å². The molecule has 1 aromatic rings. The predicted molar refractivity (Wildman–Crippen MR) is 53.5 cm³/mol. The highest BCUT2D eigenvalue weighted by atomic mass is 15.2. The van der Waals surface area contributed by atoms with Crippen molar-refractivity contribution in [2.45, 2.75) is 13.0 Å². The fraction of sp³-hybridized carbons (Fsp3) is 0.300. The Labute approximate surface area is 77.7 Å². The smallest absolute Gasteiger partial charge is 0.189 e. The van der Waals surface area contributed by atoms with Crippen LogP contribution < -0.4 is 11.1 Å². The van der Waals surface area contributed by atoms with Crippen LogP contribution in [0.3, 0.4) is 0 Å². The summed E-state index contributed by atoms with van der Waals surface area (Å²) in [5, 5.41) is 3.13. The van der Waals surface area contributed by atoms with E-state index >= 15 is 0 Å². The first-order valence-corrected chi connectivity index (χ1v) is 4.39. The highest BCUT2D eigenvalue weighted by Gasteiger charge is 2.16. The molecular weight excluding hydrogens is 162 g/mol. The van der Waals surface area contributed by atoms with Crippen molar-refractivity contribution < 1.29 is 0 Å². The van der Waals surface area contributed by atoms with Gasteiger partial charge in [-0.05, 0) is 12.5 Å². The predicted octanol–water partition coefficient (Wildman–Crippen LogP) is 0.954. The largest absolute Gasteiger partial charge is 0.370 e. The highest BCUT2D eigenvalue weighted by Crippen LogP contribution is 2.17. The van der Waals surface area contributed by atoms with Crippen molar-refractivity contribution in [1.82, 2.24) is 5.32 Å². The molecule has 0 aromatic heterocycles. The van der Waals surface area contributed by atoms with E-state index in [9.17, 15) is 0 Å². The SMILES string of the molecule is Cc1cccc(C2CN=C(N)N2)c1. The molecule has 68 valence electrons. The molecule has 1 aromatic carbocycles. The van der Waals surface area contributed by atoms with Crippen molar-refractivity contribution >= 4 is 5.96 Å². The lowest BCUT2D eigenvalue weighted by Gasteiger charge is -2.11. The molecule has 0 fully saturated rings. The van der Waals surface area contributed by atoms with Crippen LogP contribution in [0.4, 0.5) is 0 Å². The Morgan fingerprint density at radius 3 is 3.00 bits per heavy atom. The Morgan fingerprint density at radius 1 is 1.54 bits per heavy atom. The van der Waals surface area contributed by atoms with E-state index in [1.807, 2.05) is 0 Å². The normalized spacial score (nSPS) is 21.0. The number of hydrogen-bond donors (Lipinski definition) is 2. The minimum Gasteiger partial charge on any atom is -0.370 e. The van der Waals surface area contributed by atoms with Crippen LogP contribution in [0.5, 0.6) is 0 Å². The maximum absolute atomic E-state index is 5.54. The van der Waals surface area contributed by atoms with E-state index < -0.39 is 0 Å². The number of rotatable bonds is 1. The summed E-state index contributed by atoms with van der Waals surface area (Å²) in [6.45, 7) is 2.83. The molecule has 0 amide bonds. The Hall–Kier alpha value is -1.51. The standard InChI is InChI=1S/C10H13N3/c1-7-3-2-4-8(5-7)9-6-12-10(11)13-9/h2-5,9H,6H2,1H3,(H3,11,12,13). The molecule has 1 aliphatic heterocycles. The number of aryl methyl sites for hydroxylation is 1. The fourth-order valence-electron chi connectivity index (χ4n) is 1.54. The van der Waals surface area contributed by atoms with E-state index in [1.54, 1.807) is 0 Å². The Morgan fingerprint density at radius 2 is 2.38 bits per heavy atom. The third-order valence-electron chi connectivity index (χ3n) is 2.21. The topological polar surface area (TPSA) is 50.4 Å². The van der Waals surface area contributed by atoms with Crippen LogP contribution >= 0.6 is 0 Å². The zero-order valence-corrected chi connectivity index (χ0v) is 7.62. The maximum atomic E-state index is 5.54. The molecule has 0 saturated carbocycles. The van der Waals surface area contributed by atoms with Gasteiger partial charge in [0.05, 0.1) is 12.6 Å². The Kier molecular flexibility index (Phi) is 1.93. The number of hydrogen-bond acceptors (Lipinski definition) is 3. The molecule has 0 radical (unpaired) electrons. The van der Waals surface area contributed by atoms with Crippen molar-refractivity contribution in [3.8, 4) is 0 Å². The van der Waals surface area contributed by atoms with Crippen molar-refractivity contribution in [1.29, 1.82) is 0 Å². The van der Waals surface area contributed by atoms with Crippen molar-refractivity contribution in [3.05, 3.63) is 35.4 Å². The number of aliphatic imine (C=N–C) groups is 1. The molecule has 0 saturated heterocycles. The molecule has 0 spiro atoms. The van der Waals surface area contributed by atoms with Gasteiger partial charge in [-0.2, -0.15) is 0 Å². The zero-order chi connectivity index (χ0) is 9.26. The summed E-state index contributed by atoms with van der Waals surface area (Å²) in [6, 6.07) is 8.66. The van der Waals surface area contributed by atoms with Gasteiger partial charge in [0, 0.05) is 0 Å². The number of benzene rings is 1. The quantitative estimate of drug-likeness (QED) is 0.667. The molecule has 3 N–H and O–H groups in total. The van der Waals surface area contributed by atoms with Gasteiger partial charge in [-0.3, -0.25) is 4.99 Å². The van der Waals surface area contributed by atoms with Crippen LogP contribution in [0, 0.1) is 6.92 Å². The Bertz CT molecular complexity index is 344. The molecule has 3 heteroatoms. The summed E-state index contributed by atoms with van der Waals surface area (Å²) in [5.41, 5.74) is 8.06. The lowest BCUT2D eigenvalue weighted by Crippen LogP contribution is -2.29. The zero-order valence-electron chi connectivity index (χ0n) is 7.62. The average Bonchev–Trinajstić information content (AvgIpc) is 2.52. The summed E-state index contributed by atoms with van der Waals surface area (Å²) in [5.74, 6) is 0.548. The lowest BCUT2D eigenvalue weighted by atomic mass is 10.1. The summed E-state index contributed by atoms with van der Waals surface area (Å²) in [4.78, 5) is 4.11. The van der Waals surface area contributed by atoms with E-state index in [1.165, 1.54) is 11.1 Å². The van der Waals surface area contributed by atoms with Gasteiger partial charge in [0.2, 0.25) is 0 Å². The van der Waals surface area contributed by atoms with Crippen LogP contribution in [0.25, 0.3) is 0 Å². The number of guanidine groups is 1. The van der Waals surface area contributed by atoms with Gasteiger partial charge < -0.3 is 11.1 Å². The minimum atomic E-state index is 0.264. The minimum absolute atomic E-state index is 0.264. The van der Waals surface area contributed by atoms with E-state index in [4.69, 9.17) is 5.73 Å². The highest BCUT2D eigenvalue weighted by molar-refractivity contribution is 5.80. The molecule has 13 heavy (non-hydrogen) atoms. The third-order valence-corrected chi connectivity index (χ3v) is 2.21. The molecule has 0 bridgehead atoms. The fourth-order valence-corrected chi connectivity index (χ4v) is 1.54. The van der Waals surface area contributed by atoms with Gasteiger partial charge in [0.25, 0.3) is 0 Å². The second kappa shape index (κ2) is 3.09. The number of nitrogens with one attached hydrogen (secondary N) is 1. The van der Waals surface area contributed by atoms with E-state index in [-0.39, 0.29) is 6.04 Å². The van der Waals surface area contributed by atoms with Crippen molar-refractivity contribution in [3.63, 3.8) is 0 Å². The lowest BCUT2D eigenvalue weighted by molar-refractivity contribution is 0.707. The van der Waals surface area contributed by atoms with E-state index in [2.05, 4.69) is 41.5 Å². The maximum Gasteiger partial charge on any atom is 0.189 e. The van der Waals surface area contributed by atoms with Gasteiger partial charge in [0.15, 0.2) is 5.96 Å². The molecular formula is C10H13N3. The van der Waals surface area contributed by atoms with E-state index in [0.717, 1.165) is 6.54 Å². The van der Waals surface area contributed by atoms with Crippen LogP contribution in [0.2, 0.25) is 0 Å². The first-order chi connectivity index (χ1) is 6.25. The summed E-state index contributed by atoms with van der Waals surface area (Å²) in [6.07, 6.45) is 0. The van der Waals surface area contributed by atoms with Gasteiger partial charge in [-0.1, -0.05) is 29.8 Å². The monoisotopic (exact) mass is 175 g/mol. The number of nitrogens with two attached hydrogens (primary N) is 1.